The molecule has 0 radical (unpaired) electrons. The lowest BCUT2D eigenvalue weighted by molar-refractivity contribution is 0.863. The largest absolute Gasteiger partial charge is 0.243 e. The van der Waals surface area contributed by atoms with Gasteiger partial charge in [-0.1, -0.05) is 11.6 Å². The Morgan fingerprint density at radius 3 is 3.05 bits per heavy atom. The van der Waals surface area contributed by atoms with E-state index in [1.807, 2.05) is 30.6 Å². The molecule has 0 spiro atoms. The Labute approximate surface area is 130 Å². The molecule has 0 aliphatic carbocycles. The van der Waals surface area contributed by atoms with Gasteiger partial charge in [-0.05, 0) is 19.1 Å². The Kier molecular flexibility index (Phi) is 3.69. The molecule has 0 amide bonds. The van der Waals surface area contributed by atoms with Crippen LogP contribution in [0.5, 0.6) is 0 Å². The quantitative estimate of drug-likeness (QED) is 0.694. The van der Waals surface area contributed by atoms with Gasteiger partial charge in [0.25, 0.3) is 0 Å². The summed E-state index contributed by atoms with van der Waals surface area (Å²) in [6.45, 7) is 1.86. The highest BCUT2D eigenvalue weighted by atomic mass is 35.5. The minimum Gasteiger partial charge on any atom is -0.243 e. The van der Waals surface area contributed by atoms with Gasteiger partial charge in [-0.3, -0.25) is 0 Å². The summed E-state index contributed by atoms with van der Waals surface area (Å²) in [7, 11) is 0. The molecule has 3 aromatic rings. The van der Waals surface area contributed by atoms with Crippen LogP contribution in [0.4, 0.5) is 0 Å². The predicted molar refractivity (Wildman–Crippen MR) is 81.5 cm³/mol. The summed E-state index contributed by atoms with van der Waals surface area (Å²) in [6.07, 6.45) is 3.77. The van der Waals surface area contributed by atoms with E-state index in [1.165, 1.54) is 11.3 Å². The summed E-state index contributed by atoms with van der Waals surface area (Å²) in [6, 6.07) is 5.87. The van der Waals surface area contributed by atoms with Gasteiger partial charge in [-0.2, -0.15) is 10.4 Å². The van der Waals surface area contributed by atoms with Crippen molar-refractivity contribution in [1.82, 2.24) is 19.7 Å². The Morgan fingerprint density at radius 1 is 1.48 bits per heavy atom. The molecule has 3 heterocycles. The third-order valence-electron chi connectivity index (χ3n) is 2.92. The number of hydrogen-bond donors (Lipinski definition) is 0. The number of pyridine rings is 1. The molecule has 7 heteroatoms. The molecule has 21 heavy (non-hydrogen) atoms. The van der Waals surface area contributed by atoms with Crippen LogP contribution in [0.15, 0.2) is 29.9 Å². The van der Waals surface area contributed by atoms with Crippen molar-refractivity contribution in [3.8, 4) is 22.5 Å². The monoisotopic (exact) mass is 315 g/mol. The highest BCUT2D eigenvalue weighted by molar-refractivity contribution is 7.13. The van der Waals surface area contributed by atoms with E-state index < -0.39 is 0 Å². The molecule has 0 aliphatic heterocycles. The van der Waals surface area contributed by atoms with Crippen LogP contribution in [0.2, 0.25) is 5.15 Å². The molecule has 0 fully saturated rings. The van der Waals surface area contributed by atoms with E-state index in [2.05, 4.69) is 21.1 Å². The Balaban J connectivity index is 2.10. The first-order chi connectivity index (χ1) is 10.2. The van der Waals surface area contributed by atoms with Crippen LogP contribution >= 0.6 is 22.9 Å². The highest BCUT2D eigenvalue weighted by Gasteiger charge is 2.13. The van der Waals surface area contributed by atoms with Crippen LogP contribution < -0.4 is 0 Å². The number of rotatable bonds is 3. The van der Waals surface area contributed by atoms with Gasteiger partial charge in [-0.25, -0.2) is 14.6 Å². The molecule has 0 N–H and O–H groups in total. The normalized spacial score (nSPS) is 10.5. The third kappa shape index (κ3) is 2.66. The van der Waals surface area contributed by atoms with Gasteiger partial charge in [0, 0.05) is 29.0 Å². The van der Waals surface area contributed by atoms with Crippen molar-refractivity contribution in [2.24, 2.45) is 0 Å². The number of aryl methyl sites for hydroxylation is 1. The number of aromatic nitrogens is 4. The van der Waals surface area contributed by atoms with Crippen molar-refractivity contribution in [3.63, 3.8) is 0 Å². The zero-order chi connectivity index (χ0) is 14.8. The molecule has 3 rings (SSSR count). The van der Waals surface area contributed by atoms with Crippen LogP contribution in [0.1, 0.15) is 11.3 Å². The minimum atomic E-state index is 0.188. The average Bonchev–Trinajstić information content (AvgIpc) is 3.10. The zero-order valence-electron chi connectivity index (χ0n) is 11.1. The zero-order valence-corrected chi connectivity index (χ0v) is 12.7. The maximum absolute atomic E-state index is 8.97. The second-order valence-corrected chi connectivity index (χ2v) is 5.62. The van der Waals surface area contributed by atoms with Crippen molar-refractivity contribution in [1.29, 1.82) is 5.26 Å². The number of nitrogens with zero attached hydrogens (tertiary/aromatic N) is 5. The summed E-state index contributed by atoms with van der Waals surface area (Å²) in [5.41, 5.74) is 3.02. The van der Waals surface area contributed by atoms with Gasteiger partial charge >= 0.3 is 0 Å². The van der Waals surface area contributed by atoms with Gasteiger partial charge in [0.1, 0.15) is 15.9 Å². The molecule has 3 aromatic heterocycles. The molecule has 104 valence electrons. The molecule has 0 saturated carbocycles. The lowest BCUT2D eigenvalue weighted by Crippen LogP contribution is -2.03. The summed E-state index contributed by atoms with van der Waals surface area (Å²) in [5.74, 6) is 0. The van der Waals surface area contributed by atoms with Crippen molar-refractivity contribution >= 4 is 22.9 Å². The number of thiazole rings is 1. The van der Waals surface area contributed by atoms with Crippen LogP contribution in [0, 0.1) is 18.3 Å². The van der Waals surface area contributed by atoms with Gasteiger partial charge in [0.05, 0.1) is 18.2 Å². The van der Waals surface area contributed by atoms with Crippen LogP contribution in [0.3, 0.4) is 0 Å². The van der Waals surface area contributed by atoms with E-state index in [-0.39, 0.29) is 6.42 Å². The Bertz CT molecular complexity index is 817. The molecule has 0 aliphatic rings. The van der Waals surface area contributed by atoms with Crippen LogP contribution in [-0.2, 0) is 6.42 Å². The number of halogens is 1. The maximum Gasteiger partial charge on any atom is 0.143 e. The van der Waals surface area contributed by atoms with Crippen molar-refractivity contribution in [2.45, 2.75) is 13.3 Å². The van der Waals surface area contributed by atoms with Crippen molar-refractivity contribution in [3.05, 3.63) is 46.3 Å². The standard InChI is InChI=1S/C14H10ClN5S/c1-9-8-12(10(2-4-16)13(15)18-9)20-6-3-11(19-20)14-17-5-7-21-14/h3,5-8H,2H2,1H3. The van der Waals surface area contributed by atoms with Gasteiger partial charge in [-0.15, -0.1) is 11.3 Å². The van der Waals surface area contributed by atoms with Crippen LogP contribution in [0.25, 0.3) is 16.4 Å². The fourth-order valence-corrected chi connectivity index (χ4v) is 2.91. The average molecular weight is 316 g/mol. The lowest BCUT2D eigenvalue weighted by atomic mass is 10.1. The minimum absolute atomic E-state index is 0.188. The first-order valence-electron chi connectivity index (χ1n) is 6.18. The highest BCUT2D eigenvalue weighted by Crippen LogP contribution is 2.25. The van der Waals surface area contributed by atoms with Crippen molar-refractivity contribution in [2.75, 3.05) is 0 Å². The van der Waals surface area contributed by atoms with Crippen molar-refractivity contribution < 1.29 is 0 Å². The number of nitriles is 1. The first kappa shape index (κ1) is 13.7. The smallest absolute Gasteiger partial charge is 0.143 e. The molecule has 5 nitrogen and oxygen atoms in total. The van der Waals surface area contributed by atoms with E-state index in [0.29, 0.717) is 10.7 Å². The van der Waals surface area contributed by atoms with E-state index >= 15 is 0 Å². The maximum atomic E-state index is 8.97. The molecule has 0 saturated heterocycles. The molecular weight excluding hydrogens is 306 g/mol. The Morgan fingerprint density at radius 2 is 2.33 bits per heavy atom. The van der Waals surface area contributed by atoms with Gasteiger partial charge in [0.2, 0.25) is 0 Å². The topological polar surface area (TPSA) is 67.4 Å². The van der Waals surface area contributed by atoms with Gasteiger partial charge in [0.15, 0.2) is 0 Å². The molecule has 0 aromatic carbocycles. The predicted octanol–water partition coefficient (Wildman–Crippen LogP) is 3.42. The summed E-state index contributed by atoms with van der Waals surface area (Å²) >= 11 is 7.68. The lowest BCUT2D eigenvalue weighted by Gasteiger charge is -2.09. The van der Waals surface area contributed by atoms with E-state index in [9.17, 15) is 0 Å². The van der Waals surface area contributed by atoms with Gasteiger partial charge < -0.3 is 0 Å². The second kappa shape index (κ2) is 5.64. The molecule has 0 atom stereocenters. The van der Waals surface area contributed by atoms with E-state index in [4.69, 9.17) is 16.9 Å². The molecule has 0 unspecified atom stereocenters. The number of hydrogen-bond acceptors (Lipinski definition) is 5. The van der Waals surface area contributed by atoms with Crippen LogP contribution in [-0.4, -0.2) is 19.7 Å². The fraction of sp³-hybridized carbons (Fsp3) is 0.143. The third-order valence-corrected chi connectivity index (χ3v) is 4.03. The summed E-state index contributed by atoms with van der Waals surface area (Å²) in [4.78, 5) is 8.44. The fourth-order valence-electron chi connectivity index (χ4n) is 2.01. The van der Waals surface area contributed by atoms with E-state index in [1.54, 1.807) is 10.9 Å². The Hall–Kier alpha value is -2.23. The summed E-state index contributed by atoms with van der Waals surface area (Å²) < 4.78 is 1.71. The summed E-state index contributed by atoms with van der Waals surface area (Å²) in [5, 5.41) is 16.6. The molecular formula is C14H10ClN5S. The molecule has 0 bridgehead atoms. The second-order valence-electron chi connectivity index (χ2n) is 4.37. The SMILES string of the molecule is Cc1cc(-n2ccc(-c3nccs3)n2)c(CC#N)c(Cl)n1. The van der Waals surface area contributed by atoms with E-state index in [0.717, 1.165) is 22.1 Å². The first-order valence-corrected chi connectivity index (χ1v) is 7.43.